The molecule has 7 heteroatoms. The van der Waals surface area contributed by atoms with E-state index in [4.69, 9.17) is 16.3 Å². The van der Waals surface area contributed by atoms with Crippen molar-refractivity contribution < 1.29 is 14.3 Å². The van der Waals surface area contributed by atoms with E-state index in [-0.39, 0.29) is 18.4 Å². The van der Waals surface area contributed by atoms with Crippen molar-refractivity contribution in [1.29, 1.82) is 0 Å². The normalized spacial score (nSPS) is 13.9. The van der Waals surface area contributed by atoms with Gasteiger partial charge in [-0.2, -0.15) is 0 Å². The molecule has 3 rings (SSSR count). The summed E-state index contributed by atoms with van der Waals surface area (Å²) in [6, 6.07) is 12.5. The fraction of sp³-hybridized carbons (Fsp3) is 0.300. The van der Waals surface area contributed by atoms with Crippen LogP contribution in [-0.2, 0) is 9.53 Å². The average Bonchev–Trinajstić information content (AvgIpc) is 2.70. The minimum absolute atomic E-state index is 0.00107. The van der Waals surface area contributed by atoms with Gasteiger partial charge >= 0.3 is 0 Å². The highest BCUT2D eigenvalue weighted by Gasteiger charge is 2.18. The summed E-state index contributed by atoms with van der Waals surface area (Å²) in [5.74, 6) is -0.178. The molecule has 0 saturated carbocycles. The number of benzene rings is 2. The molecular formula is C20H22ClN3O3. The van der Waals surface area contributed by atoms with Gasteiger partial charge in [0, 0.05) is 35.1 Å². The molecule has 1 saturated heterocycles. The molecule has 1 heterocycles. The van der Waals surface area contributed by atoms with Crippen LogP contribution in [0.5, 0.6) is 0 Å². The maximum Gasteiger partial charge on any atom is 0.254 e. The van der Waals surface area contributed by atoms with Crippen LogP contribution in [-0.4, -0.2) is 49.6 Å². The van der Waals surface area contributed by atoms with Gasteiger partial charge < -0.3 is 20.3 Å². The van der Waals surface area contributed by atoms with Crippen molar-refractivity contribution in [2.24, 2.45) is 0 Å². The van der Waals surface area contributed by atoms with E-state index in [9.17, 15) is 9.59 Å². The molecule has 6 nitrogen and oxygen atoms in total. The van der Waals surface area contributed by atoms with Crippen LogP contribution < -0.4 is 10.6 Å². The van der Waals surface area contributed by atoms with Gasteiger partial charge in [0.15, 0.2) is 0 Å². The number of rotatable bonds is 5. The van der Waals surface area contributed by atoms with Crippen LogP contribution in [0.2, 0.25) is 5.02 Å². The molecular weight excluding hydrogens is 366 g/mol. The van der Waals surface area contributed by atoms with Crippen molar-refractivity contribution in [3.63, 3.8) is 0 Å². The van der Waals surface area contributed by atoms with Gasteiger partial charge in [-0.1, -0.05) is 17.7 Å². The van der Waals surface area contributed by atoms with E-state index in [0.29, 0.717) is 42.6 Å². The van der Waals surface area contributed by atoms with E-state index < -0.39 is 0 Å². The second kappa shape index (κ2) is 8.88. The largest absolute Gasteiger partial charge is 0.378 e. The highest BCUT2D eigenvalue weighted by atomic mass is 35.5. The van der Waals surface area contributed by atoms with Crippen molar-refractivity contribution in [2.45, 2.75) is 6.92 Å². The van der Waals surface area contributed by atoms with Crippen LogP contribution in [0.15, 0.2) is 42.5 Å². The van der Waals surface area contributed by atoms with E-state index in [1.54, 1.807) is 35.2 Å². The topological polar surface area (TPSA) is 70.7 Å². The second-order valence-corrected chi connectivity index (χ2v) is 6.75. The quantitative estimate of drug-likeness (QED) is 0.826. The molecule has 0 aliphatic carbocycles. The van der Waals surface area contributed by atoms with Crippen LogP contribution in [0.4, 0.5) is 11.4 Å². The van der Waals surface area contributed by atoms with Gasteiger partial charge in [0.1, 0.15) is 0 Å². The summed E-state index contributed by atoms with van der Waals surface area (Å²) in [6.07, 6.45) is 0. The van der Waals surface area contributed by atoms with Crippen molar-refractivity contribution in [3.8, 4) is 0 Å². The first kappa shape index (κ1) is 19.2. The van der Waals surface area contributed by atoms with Gasteiger partial charge in [0.2, 0.25) is 5.91 Å². The SMILES string of the molecule is Cc1ccc(NC(=O)CNc2ccc(C(=O)N3CCOCC3)cc2)cc1Cl. The number of nitrogens with one attached hydrogen (secondary N) is 2. The number of carbonyl (C=O) groups excluding carboxylic acids is 2. The zero-order valence-corrected chi connectivity index (χ0v) is 15.9. The third-order valence-corrected chi connectivity index (χ3v) is 4.75. The first-order valence-corrected chi connectivity index (χ1v) is 9.18. The number of ether oxygens (including phenoxy) is 1. The minimum atomic E-state index is -0.177. The standard InChI is InChI=1S/C20H22ClN3O3/c1-14-2-5-17(12-18(14)21)23-19(25)13-22-16-6-3-15(4-7-16)20(26)24-8-10-27-11-9-24/h2-7,12,22H,8-11,13H2,1H3,(H,23,25). The van der Waals surface area contributed by atoms with Crippen LogP contribution in [0.1, 0.15) is 15.9 Å². The molecule has 1 fully saturated rings. The smallest absolute Gasteiger partial charge is 0.254 e. The number of hydrogen-bond acceptors (Lipinski definition) is 4. The Morgan fingerprint density at radius 1 is 1.07 bits per heavy atom. The number of aryl methyl sites for hydroxylation is 1. The Labute approximate surface area is 163 Å². The summed E-state index contributed by atoms with van der Waals surface area (Å²) in [4.78, 5) is 26.3. The van der Waals surface area contributed by atoms with Gasteiger partial charge in [0.05, 0.1) is 19.8 Å². The highest BCUT2D eigenvalue weighted by molar-refractivity contribution is 6.31. The molecule has 0 bridgehead atoms. The second-order valence-electron chi connectivity index (χ2n) is 6.35. The monoisotopic (exact) mass is 387 g/mol. The van der Waals surface area contributed by atoms with E-state index >= 15 is 0 Å². The molecule has 2 aromatic carbocycles. The van der Waals surface area contributed by atoms with Gasteiger partial charge in [-0.25, -0.2) is 0 Å². The third kappa shape index (κ3) is 5.21. The lowest BCUT2D eigenvalue weighted by molar-refractivity contribution is -0.114. The number of carbonyl (C=O) groups is 2. The molecule has 0 spiro atoms. The lowest BCUT2D eigenvalue weighted by Gasteiger charge is -2.26. The van der Waals surface area contributed by atoms with Gasteiger partial charge in [-0.15, -0.1) is 0 Å². The zero-order chi connectivity index (χ0) is 19.2. The number of nitrogens with zero attached hydrogens (tertiary/aromatic N) is 1. The van der Waals surface area contributed by atoms with Crippen molar-refractivity contribution >= 4 is 34.8 Å². The summed E-state index contributed by atoms with van der Waals surface area (Å²) >= 11 is 6.06. The fourth-order valence-corrected chi connectivity index (χ4v) is 2.92. The predicted octanol–water partition coefficient (Wildman–Crippen LogP) is 3.17. The first-order valence-electron chi connectivity index (χ1n) is 8.80. The highest BCUT2D eigenvalue weighted by Crippen LogP contribution is 2.20. The summed E-state index contributed by atoms with van der Waals surface area (Å²) in [6.45, 7) is 4.40. The van der Waals surface area contributed by atoms with Gasteiger partial charge in [-0.3, -0.25) is 9.59 Å². The summed E-state index contributed by atoms with van der Waals surface area (Å²) in [7, 11) is 0. The summed E-state index contributed by atoms with van der Waals surface area (Å²) in [5, 5.41) is 6.45. The van der Waals surface area contributed by atoms with E-state index in [1.165, 1.54) is 0 Å². The molecule has 0 atom stereocenters. The number of anilines is 2. The molecule has 142 valence electrons. The number of morpholine rings is 1. The number of halogens is 1. The lowest BCUT2D eigenvalue weighted by atomic mass is 10.1. The molecule has 2 aromatic rings. The zero-order valence-electron chi connectivity index (χ0n) is 15.1. The summed E-state index contributed by atoms with van der Waals surface area (Å²) in [5.41, 5.74) is 3.01. The molecule has 0 radical (unpaired) electrons. The third-order valence-electron chi connectivity index (χ3n) is 4.34. The predicted molar refractivity (Wildman–Crippen MR) is 106 cm³/mol. The molecule has 2 amide bonds. The van der Waals surface area contributed by atoms with Crippen LogP contribution in [0.3, 0.4) is 0 Å². The molecule has 0 unspecified atom stereocenters. The Morgan fingerprint density at radius 3 is 2.41 bits per heavy atom. The van der Waals surface area contributed by atoms with Crippen LogP contribution >= 0.6 is 11.6 Å². The number of amides is 2. The van der Waals surface area contributed by atoms with Crippen LogP contribution in [0.25, 0.3) is 0 Å². The van der Waals surface area contributed by atoms with E-state index in [2.05, 4.69) is 10.6 Å². The lowest BCUT2D eigenvalue weighted by Crippen LogP contribution is -2.40. The molecule has 0 aromatic heterocycles. The fourth-order valence-electron chi connectivity index (χ4n) is 2.74. The van der Waals surface area contributed by atoms with E-state index in [1.807, 2.05) is 19.1 Å². The van der Waals surface area contributed by atoms with Crippen molar-refractivity contribution in [3.05, 3.63) is 58.6 Å². The average molecular weight is 388 g/mol. The summed E-state index contributed by atoms with van der Waals surface area (Å²) < 4.78 is 5.26. The van der Waals surface area contributed by atoms with Gasteiger partial charge in [0.25, 0.3) is 5.91 Å². The molecule has 27 heavy (non-hydrogen) atoms. The molecule has 1 aliphatic heterocycles. The minimum Gasteiger partial charge on any atom is -0.378 e. The van der Waals surface area contributed by atoms with Crippen molar-refractivity contribution in [2.75, 3.05) is 43.5 Å². The molecule has 2 N–H and O–H groups in total. The van der Waals surface area contributed by atoms with Gasteiger partial charge in [-0.05, 0) is 48.9 Å². The molecule has 1 aliphatic rings. The van der Waals surface area contributed by atoms with Crippen molar-refractivity contribution in [1.82, 2.24) is 4.90 Å². The number of hydrogen-bond donors (Lipinski definition) is 2. The Morgan fingerprint density at radius 2 is 1.74 bits per heavy atom. The maximum atomic E-state index is 12.4. The Balaban J connectivity index is 1.51. The first-order chi connectivity index (χ1) is 13.0. The van der Waals surface area contributed by atoms with Crippen LogP contribution in [0, 0.1) is 6.92 Å². The Hall–Kier alpha value is -2.57. The Kier molecular flexibility index (Phi) is 6.32. The van der Waals surface area contributed by atoms with E-state index in [0.717, 1.165) is 11.3 Å². The Bertz CT molecular complexity index is 818. The maximum absolute atomic E-state index is 12.4.